The fraction of sp³-hybridized carbons (Fsp3) is 0.182. The topological polar surface area (TPSA) is 38.1 Å². The molecule has 4 heteroatoms. The Hall–Kier alpha value is -1.04. The number of nitrogens with zero attached hydrogens (tertiary/aromatic N) is 1. The van der Waals surface area contributed by atoms with Gasteiger partial charge in [-0.3, -0.25) is 0 Å². The quantitative estimate of drug-likeness (QED) is 0.535. The maximum atomic E-state index is 5.21. The summed E-state index contributed by atoms with van der Waals surface area (Å²) in [6, 6.07) is 8.10. The van der Waals surface area contributed by atoms with Gasteiger partial charge >= 0.3 is 0 Å². The molecule has 0 unspecified atom stereocenters. The third kappa shape index (κ3) is 2.71. The van der Waals surface area contributed by atoms with Crippen LogP contribution in [0, 0.1) is 0 Å². The van der Waals surface area contributed by atoms with Gasteiger partial charge in [0, 0.05) is 11.3 Å². The first kappa shape index (κ1) is 10.5. The van der Waals surface area contributed by atoms with Crippen LogP contribution in [0.5, 0.6) is 0 Å². The fourth-order valence-electron chi connectivity index (χ4n) is 1.32. The molecule has 0 radical (unpaired) electrons. The van der Waals surface area contributed by atoms with Crippen LogP contribution in [0.4, 0.5) is 5.69 Å². The average Bonchev–Trinajstić information content (AvgIpc) is 2.71. The minimum Gasteiger partial charge on any atom is -0.444 e. The van der Waals surface area contributed by atoms with Crippen molar-refractivity contribution in [3.8, 4) is 11.3 Å². The van der Waals surface area contributed by atoms with Crippen LogP contribution in [0.25, 0.3) is 11.3 Å². The van der Waals surface area contributed by atoms with E-state index < -0.39 is 0 Å². The molecule has 0 aliphatic carbocycles. The molecule has 78 valence electrons. The normalized spacial score (nSPS) is 12.4. The molecule has 1 aromatic heterocycles. The zero-order valence-electron chi connectivity index (χ0n) is 8.27. The van der Waals surface area contributed by atoms with E-state index in [0.29, 0.717) is 4.05 Å². The summed E-state index contributed by atoms with van der Waals surface area (Å²) in [5, 5.41) is 3.32. The molecule has 3 nitrogen and oxygen atoms in total. The highest BCUT2D eigenvalue weighted by Gasteiger charge is 2.01. The standard InChI is InChI=1S/C11H11IN2O/c1-8(12)14-10-4-2-9(3-5-10)11-6-13-7-15-11/h2-8,14H,1H3/t8-/m0/s1. The number of hydrogen-bond acceptors (Lipinski definition) is 3. The predicted octanol–water partition coefficient (Wildman–Crippen LogP) is 3.53. The molecule has 2 rings (SSSR count). The largest absolute Gasteiger partial charge is 0.444 e. The molecule has 1 heterocycles. The maximum absolute atomic E-state index is 5.21. The van der Waals surface area contributed by atoms with Crippen LogP contribution < -0.4 is 5.32 Å². The van der Waals surface area contributed by atoms with Gasteiger partial charge in [-0.25, -0.2) is 4.98 Å². The lowest BCUT2D eigenvalue weighted by molar-refractivity contribution is 0.572. The van der Waals surface area contributed by atoms with E-state index in [2.05, 4.69) is 39.8 Å². The number of nitrogens with one attached hydrogen (secondary N) is 1. The van der Waals surface area contributed by atoms with Gasteiger partial charge in [-0.1, -0.05) is 22.6 Å². The van der Waals surface area contributed by atoms with Crippen LogP contribution in [0.3, 0.4) is 0 Å². The van der Waals surface area contributed by atoms with Gasteiger partial charge in [0.15, 0.2) is 12.2 Å². The molecular formula is C11H11IN2O. The third-order valence-electron chi connectivity index (χ3n) is 1.97. The highest BCUT2D eigenvalue weighted by molar-refractivity contribution is 14.1. The lowest BCUT2D eigenvalue weighted by Crippen LogP contribution is -2.05. The van der Waals surface area contributed by atoms with E-state index in [1.165, 1.54) is 6.39 Å². The van der Waals surface area contributed by atoms with Gasteiger partial charge in [0.1, 0.15) is 0 Å². The Bertz CT molecular complexity index is 409. The van der Waals surface area contributed by atoms with Gasteiger partial charge in [0.25, 0.3) is 0 Å². The second-order valence-corrected chi connectivity index (χ2v) is 5.07. The number of benzene rings is 1. The zero-order chi connectivity index (χ0) is 10.7. The van der Waals surface area contributed by atoms with Crippen LogP contribution in [0.15, 0.2) is 41.3 Å². The molecule has 1 N–H and O–H groups in total. The van der Waals surface area contributed by atoms with Gasteiger partial charge in [0.2, 0.25) is 0 Å². The van der Waals surface area contributed by atoms with E-state index in [-0.39, 0.29) is 0 Å². The minimum absolute atomic E-state index is 0.415. The molecule has 0 spiro atoms. The second-order valence-electron chi connectivity index (χ2n) is 3.20. The molecule has 0 fully saturated rings. The minimum atomic E-state index is 0.415. The number of aromatic nitrogens is 1. The van der Waals surface area contributed by atoms with Crippen LogP contribution in [0.1, 0.15) is 6.92 Å². The Morgan fingerprint density at radius 3 is 2.60 bits per heavy atom. The van der Waals surface area contributed by atoms with Crippen molar-refractivity contribution >= 4 is 28.3 Å². The van der Waals surface area contributed by atoms with Crippen LogP contribution in [-0.2, 0) is 0 Å². The molecule has 0 saturated heterocycles. The van der Waals surface area contributed by atoms with Crippen molar-refractivity contribution in [2.75, 3.05) is 5.32 Å². The van der Waals surface area contributed by atoms with Gasteiger partial charge < -0.3 is 9.73 Å². The van der Waals surface area contributed by atoms with Crippen molar-refractivity contribution < 1.29 is 4.42 Å². The van der Waals surface area contributed by atoms with Crippen molar-refractivity contribution in [1.29, 1.82) is 0 Å². The Balaban J connectivity index is 2.17. The maximum Gasteiger partial charge on any atom is 0.181 e. The Morgan fingerprint density at radius 2 is 2.07 bits per heavy atom. The fourth-order valence-corrected chi connectivity index (χ4v) is 1.68. The molecule has 0 saturated carbocycles. The van der Waals surface area contributed by atoms with Crippen LogP contribution in [0.2, 0.25) is 0 Å². The van der Waals surface area contributed by atoms with Gasteiger partial charge in [-0.15, -0.1) is 0 Å². The number of alkyl halides is 1. The lowest BCUT2D eigenvalue weighted by atomic mass is 10.2. The molecule has 0 amide bonds. The van der Waals surface area contributed by atoms with Crippen molar-refractivity contribution in [1.82, 2.24) is 4.98 Å². The first-order valence-electron chi connectivity index (χ1n) is 4.65. The van der Waals surface area contributed by atoms with Crippen molar-refractivity contribution in [3.63, 3.8) is 0 Å². The second kappa shape index (κ2) is 4.65. The van der Waals surface area contributed by atoms with Crippen molar-refractivity contribution in [2.24, 2.45) is 0 Å². The first-order chi connectivity index (χ1) is 7.25. The smallest absolute Gasteiger partial charge is 0.181 e. The predicted molar refractivity (Wildman–Crippen MR) is 69.0 cm³/mol. The van der Waals surface area contributed by atoms with Crippen LogP contribution in [-0.4, -0.2) is 9.03 Å². The van der Waals surface area contributed by atoms with E-state index in [1.807, 2.05) is 24.3 Å². The molecule has 15 heavy (non-hydrogen) atoms. The van der Waals surface area contributed by atoms with E-state index in [4.69, 9.17) is 4.42 Å². The van der Waals surface area contributed by atoms with E-state index >= 15 is 0 Å². The van der Waals surface area contributed by atoms with Crippen molar-refractivity contribution in [2.45, 2.75) is 11.0 Å². The Labute approximate surface area is 102 Å². The summed E-state index contributed by atoms with van der Waals surface area (Å²) < 4.78 is 5.62. The number of halogens is 1. The summed E-state index contributed by atoms with van der Waals surface area (Å²) >= 11 is 2.33. The van der Waals surface area contributed by atoms with E-state index in [0.717, 1.165) is 17.0 Å². The molecule has 0 bridgehead atoms. The summed E-state index contributed by atoms with van der Waals surface area (Å²) in [6.45, 7) is 2.10. The Kier molecular flexibility index (Phi) is 3.25. The molecule has 0 aliphatic rings. The van der Waals surface area contributed by atoms with Crippen LogP contribution >= 0.6 is 22.6 Å². The van der Waals surface area contributed by atoms with E-state index in [9.17, 15) is 0 Å². The number of oxazole rings is 1. The highest BCUT2D eigenvalue weighted by Crippen LogP contribution is 2.21. The van der Waals surface area contributed by atoms with Gasteiger partial charge in [0.05, 0.1) is 10.2 Å². The summed E-state index contributed by atoms with van der Waals surface area (Å²) in [5.74, 6) is 0.795. The molecule has 0 aliphatic heterocycles. The summed E-state index contributed by atoms with van der Waals surface area (Å²) in [7, 11) is 0. The number of hydrogen-bond donors (Lipinski definition) is 1. The average molecular weight is 314 g/mol. The monoisotopic (exact) mass is 314 g/mol. The van der Waals surface area contributed by atoms with Gasteiger partial charge in [-0.05, 0) is 31.2 Å². The number of rotatable bonds is 3. The SMILES string of the molecule is C[C@@H](I)Nc1ccc(-c2cnco2)cc1. The van der Waals surface area contributed by atoms with E-state index in [1.54, 1.807) is 6.20 Å². The molecule has 1 aromatic carbocycles. The summed E-state index contributed by atoms with van der Waals surface area (Å²) in [5.41, 5.74) is 2.15. The third-order valence-corrected chi connectivity index (χ3v) is 2.28. The summed E-state index contributed by atoms with van der Waals surface area (Å²) in [4.78, 5) is 3.89. The van der Waals surface area contributed by atoms with Crippen molar-refractivity contribution in [3.05, 3.63) is 36.9 Å². The zero-order valence-corrected chi connectivity index (χ0v) is 10.4. The number of anilines is 1. The first-order valence-corrected chi connectivity index (χ1v) is 5.90. The summed E-state index contributed by atoms with van der Waals surface area (Å²) in [6.07, 6.45) is 3.15. The van der Waals surface area contributed by atoms with Gasteiger partial charge in [-0.2, -0.15) is 0 Å². The molecular weight excluding hydrogens is 303 g/mol. The highest BCUT2D eigenvalue weighted by atomic mass is 127. The molecule has 1 atom stereocenters. The Morgan fingerprint density at radius 1 is 1.33 bits per heavy atom. The molecule has 2 aromatic rings. The lowest BCUT2D eigenvalue weighted by Gasteiger charge is -2.08.